The quantitative estimate of drug-likeness (QED) is 0.700. The van der Waals surface area contributed by atoms with E-state index in [1.165, 1.54) is 0 Å². The van der Waals surface area contributed by atoms with Gasteiger partial charge in [0, 0.05) is 20.6 Å². The van der Waals surface area contributed by atoms with Gasteiger partial charge in [0.15, 0.2) is 5.65 Å². The number of carbonyl (C=O) groups is 1. The summed E-state index contributed by atoms with van der Waals surface area (Å²) < 4.78 is 0. The highest BCUT2D eigenvalue weighted by Gasteiger charge is 2.16. The maximum atomic E-state index is 11.5. The number of carbonyl (C=O) groups excluding carboxylic acids is 1. The van der Waals surface area contributed by atoms with Gasteiger partial charge in [0.25, 0.3) is 0 Å². The molecule has 2 heterocycles. The van der Waals surface area contributed by atoms with Crippen LogP contribution in [0, 0.1) is 0 Å². The number of nitrogens with zero attached hydrogens (tertiary/aromatic N) is 4. The molecule has 0 saturated carbocycles. The lowest BCUT2D eigenvalue weighted by atomic mass is 10.3. The summed E-state index contributed by atoms with van der Waals surface area (Å²) >= 11 is 0. The van der Waals surface area contributed by atoms with Gasteiger partial charge in [0.1, 0.15) is 5.82 Å². The molecule has 2 aromatic rings. The molecule has 0 aliphatic carbocycles. The van der Waals surface area contributed by atoms with Gasteiger partial charge in [-0.2, -0.15) is 15.1 Å². The van der Waals surface area contributed by atoms with Crippen LogP contribution < -0.4 is 15.5 Å². The highest BCUT2D eigenvalue weighted by molar-refractivity contribution is 5.90. The third-order valence-corrected chi connectivity index (χ3v) is 2.81. The van der Waals surface area contributed by atoms with Crippen molar-refractivity contribution in [3.05, 3.63) is 6.20 Å². The molecular formula is C11H17N7O. The number of H-pyrrole nitrogens is 1. The molecule has 0 radical (unpaired) electrons. The SMILES string of the molecule is CCN(CC(=O)NC)c1nc(NC)nc2[nH]ncc12. The topological polar surface area (TPSA) is 98.8 Å². The number of aromatic amines is 1. The van der Waals surface area contributed by atoms with E-state index in [4.69, 9.17) is 0 Å². The minimum Gasteiger partial charge on any atom is -0.358 e. The minimum absolute atomic E-state index is 0.0666. The number of anilines is 2. The number of aromatic nitrogens is 4. The van der Waals surface area contributed by atoms with Gasteiger partial charge >= 0.3 is 0 Å². The zero-order valence-electron chi connectivity index (χ0n) is 11.2. The van der Waals surface area contributed by atoms with Crippen LogP contribution in [0.25, 0.3) is 11.0 Å². The maximum absolute atomic E-state index is 11.5. The molecule has 8 nitrogen and oxygen atoms in total. The summed E-state index contributed by atoms with van der Waals surface area (Å²) in [5, 5.41) is 13.1. The van der Waals surface area contributed by atoms with E-state index < -0.39 is 0 Å². The molecule has 0 aliphatic heterocycles. The Kier molecular flexibility index (Phi) is 3.79. The number of hydrogen-bond donors (Lipinski definition) is 3. The third kappa shape index (κ3) is 2.56. The average molecular weight is 263 g/mol. The summed E-state index contributed by atoms with van der Waals surface area (Å²) in [6.07, 6.45) is 1.66. The van der Waals surface area contributed by atoms with Crippen molar-refractivity contribution in [2.24, 2.45) is 0 Å². The number of fused-ring (bicyclic) bond motifs is 1. The molecule has 19 heavy (non-hydrogen) atoms. The van der Waals surface area contributed by atoms with Crippen LogP contribution in [-0.2, 0) is 4.79 Å². The molecule has 0 atom stereocenters. The van der Waals surface area contributed by atoms with Gasteiger partial charge in [-0.25, -0.2) is 0 Å². The predicted octanol–water partition coefficient (Wildman–Crippen LogP) is -0.0331. The van der Waals surface area contributed by atoms with E-state index in [1.807, 2.05) is 11.8 Å². The Morgan fingerprint density at radius 2 is 2.21 bits per heavy atom. The summed E-state index contributed by atoms with van der Waals surface area (Å²) in [6.45, 7) is 2.87. The van der Waals surface area contributed by atoms with E-state index in [0.29, 0.717) is 24.0 Å². The fourth-order valence-electron chi connectivity index (χ4n) is 1.76. The van der Waals surface area contributed by atoms with Gasteiger partial charge < -0.3 is 15.5 Å². The molecule has 0 bridgehead atoms. The first-order chi connectivity index (χ1) is 9.19. The molecule has 2 rings (SSSR count). The van der Waals surface area contributed by atoms with Crippen LogP contribution in [0.1, 0.15) is 6.92 Å². The zero-order chi connectivity index (χ0) is 13.8. The predicted molar refractivity (Wildman–Crippen MR) is 73.2 cm³/mol. The van der Waals surface area contributed by atoms with Crippen LogP contribution in [0.15, 0.2) is 6.20 Å². The van der Waals surface area contributed by atoms with Crippen molar-refractivity contribution in [2.75, 3.05) is 37.4 Å². The van der Waals surface area contributed by atoms with Crippen molar-refractivity contribution in [2.45, 2.75) is 6.92 Å². The first-order valence-corrected chi connectivity index (χ1v) is 6.04. The van der Waals surface area contributed by atoms with Gasteiger partial charge in [-0.05, 0) is 6.92 Å². The molecule has 102 valence electrons. The van der Waals surface area contributed by atoms with Crippen LogP contribution in [0.4, 0.5) is 11.8 Å². The first-order valence-electron chi connectivity index (χ1n) is 6.04. The first kappa shape index (κ1) is 13.1. The largest absolute Gasteiger partial charge is 0.358 e. The van der Waals surface area contributed by atoms with E-state index in [9.17, 15) is 4.79 Å². The van der Waals surface area contributed by atoms with Crippen molar-refractivity contribution in [3.63, 3.8) is 0 Å². The Balaban J connectivity index is 2.45. The summed E-state index contributed by atoms with van der Waals surface area (Å²) in [5.74, 6) is 1.11. The molecule has 0 fully saturated rings. The van der Waals surface area contributed by atoms with Crippen molar-refractivity contribution in [3.8, 4) is 0 Å². The summed E-state index contributed by atoms with van der Waals surface area (Å²) in [7, 11) is 3.36. The standard InChI is InChI=1S/C11H17N7O/c1-4-18(6-8(19)12-2)10-7-5-14-17-9(7)15-11(13-3)16-10/h5H,4,6H2,1-3H3,(H,12,19)(H2,13,14,15,16,17). The lowest BCUT2D eigenvalue weighted by Crippen LogP contribution is -2.36. The molecule has 3 N–H and O–H groups in total. The fourth-order valence-corrected chi connectivity index (χ4v) is 1.76. The Morgan fingerprint density at radius 3 is 2.84 bits per heavy atom. The van der Waals surface area contributed by atoms with Crippen LogP contribution >= 0.6 is 0 Å². The number of amides is 1. The lowest BCUT2D eigenvalue weighted by molar-refractivity contribution is -0.119. The second kappa shape index (κ2) is 5.51. The summed E-state index contributed by atoms with van der Waals surface area (Å²) in [4.78, 5) is 22.1. The number of hydrogen-bond acceptors (Lipinski definition) is 6. The van der Waals surface area contributed by atoms with Crippen LogP contribution in [0.2, 0.25) is 0 Å². The van der Waals surface area contributed by atoms with Crippen molar-refractivity contribution in [1.29, 1.82) is 0 Å². The van der Waals surface area contributed by atoms with E-state index in [2.05, 4.69) is 30.8 Å². The third-order valence-electron chi connectivity index (χ3n) is 2.81. The number of nitrogens with one attached hydrogen (secondary N) is 3. The van der Waals surface area contributed by atoms with E-state index in [1.54, 1.807) is 20.3 Å². The Bertz CT molecular complexity index is 579. The average Bonchev–Trinajstić information content (AvgIpc) is 2.91. The lowest BCUT2D eigenvalue weighted by Gasteiger charge is -2.21. The maximum Gasteiger partial charge on any atom is 0.239 e. The Morgan fingerprint density at radius 1 is 1.42 bits per heavy atom. The molecule has 0 spiro atoms. The number of rotatable bonds is 5. The van der Waals surface area contributed by atoms with E-state index in [0.717, 1.165) is 5.39 Å². The molecule has 0 aromatic carbocycles. The van der Waals surface area contributed by atoms with Gasteiger partial charge in [0.2, 0.25) is 11.9 Å². The van der Waals surface area contributed by atoms with E-state index in [-0.39, 0.29) is 12.5 Å². The van der Waals surface area contributed by atoms with Crippen molar-refractivity contribution >= 4 is 28.7 Å². The zero-order valence-corrected chi connectivity index (χ0v) is 11.2. The monoisotopic (exact) mass is 263 g/mol. The Labute approximate surface area is 110 Å². The van der Waals surface area contributed by atoms with Crippen molar-refractivity contribution in [1.82, 2.24) is 25.5 Å². The van der Waals surface area contributed by atoms with Gasteiger partial charge in [-0.15, -0.1) is 0 Å². The highest BCUT2D eigenvalue weighted by atomic mass is 16.1. The summed E-state index contributed by atoms with van der Waals surface area (Å²) in [5.41, 5.74) is 0.643. The van der Waals surface area contributed by atoms with Gasteiger partial charge in [-0.1, -0.05) is 0 Å². The summed E-state index contributed by atoms with van der Waals surface area (Å²) in [6, 6.07) is 0. The minimum atomic E-state index is -0.0666. The molecule has 0 unspecified atom stereocenters. The normalized spacial score (nSPS) is 10.5. The highest BCUT2D eigenvalue weighted by Crippen LogP contribution is 2.23. The van der Waals surface area contributed by atoms with Crippen molar-refractivity contribution < 1.29 is 4.79 Å². The second-order valence-corrected chi connectivity index (χ2v) is 3.94. The molecule has 0 aliphatic rings. The molecule has 1 amide bonds. The van der Waals surface area contributed by atoms with Crippen LogP contribution in [0.3, 0.4) is 0 Å². The smallest absolute Gasteiger partial charge is 0.239 e. The molecule has 8 heteroatoms. The number of likely N-dealkylation sites (N-methyl/N-ethyl adjacent to an activating group) is 2. The molecule has 0 saturated heterocycles. The molecule has 2 aromatic heterocycles. The second-order valence-electron chi connectivity index (χ2n) is 3.94. The van der Waals surface area contributed by atoms with Crippen LogP contribution in [-0.4, -0.2) is 53.3 Å². The molecular weight excluding hydrogens is 246 g/mol. The van der Waals surface area contributed by atoms with Gasteiger partial charge in [0.05, 0.1) is 18.1 Å². The van der Waals surface area contributed by atoms with Crippen LogP contribution in [0.5, 0.6) is 0 Å². The van der Waals surface area contributed by atoms with Gasteiger partial charge in [-0.3, -0.25) is 9.89 Å². The Hall–Kier alpha value is -2.38. The van der Waals surface area contributed by atoms with E-state index >= 15 is 0 Å². The fraction of sp³-hybridized carbons (Fsp3) is 0.455.